The minimum absolute atomic E-state index is 0.124. The summed E-state index contributed by atoms with van der Waals surface area (Å²) in [6, 6.07) is 18.3. The fourth-order valence-electron chi connectivity index (χ4n) is 3.34. The number of H-pyrrole nitrogens is 1. The van der Waals surface area contributed by atoms with Crippen molar-refractivity contribution < 1.29 is 9.53 Å². The molecule has 6 nitrogen and oxygen atoms in total. The molecule has 4 rings (SSSR count). The van der Waals surface area contributed by atoms with Gasteiger partial charge in [0.2, 0.25) is 0 Å². The molecule has 0 bridgehead atoms. The third-order valence-electron chi connectivity index (χ3n) is 4.94. The molecule has 2 heterocycles. The van der Waals surface area contributed by atoms with Gasteiger partial charge in [-0.25, -0.2) is 0 Å². The van der Waals surface area contributed by atoms with Crippen molar-refractivity contribution in [3.63, 3.8) is 0 Å². The lowest BCUT2D eigenvalue weighted by Gasteiger charge is -2.23. The molecule has 2 aromatic carbocycles. The maximum absolute atomic E-state index is 13.3. The zero-order chi connectivity index (χ0) is 21.1. The molecule has 0 spiro atoms. The van der Waals surface area contributed by atoms with E-state index in [0.29, 0.717) is 22.6 Å². The molecule has 1 amide bonds. The van der Waals surface area contributed by atoms with E-state index in [2.05, 4.69) is 9.97 Å². The van der Waals surface area contributed by atoms with Crippen LogP contribution >= 0.6 is 0 Å². The Morgan fingerprint density at radius 2 is 1.90 bits per heavy atom. The molecule has 30 heavy (non-hydrogen) atoms. The molecule has 2 aromatic heterocycles. The fourth-order valence-corrected chi connectivity index (χ4v) is 3.34. The molecule has 150 valence electrons. The van der Waals surface area contributed by atoms with Gasteiger partial charge < -0.3 is 14.6 Å². The molecule has 1 N–H and O–H groups in total. The van der Waals surface area contributed by atoms with Crippen LogP contribution in [0.3, 0.4) is 0 Å². The van der Waals surface area contributed by atoms with Crippen LogP contribution in [0.5, 0.6) is 5.75 Å². The van der Waals surface area contributed by atoms with Gasteiger partial charge in [0.15, 0.2) is 0 Å². The number of hydrogen-bond donors (Lipinski definition) is 1. The highest BCUT2D eigenvalue weighted by atomic mass is 16.5. The SMILES string of the molecule is COc1ccc(N(Cc2cc3ccc(C)cc3[nH]c2=O)C(=O)c2cccnc2)cc1. The zero-order valence-corrected chi connectivity index (χ0v) is 16.8. The number of anilines is 1. The third kappa shape index (κ3) is 3.93. The number of pyridine rings is 2. The minimum Gasteiger partial charge on any atom is -0.497 e. The summed E-state index contributed by atoms with van der Waals surface area (Å²) in [6.07, 6.45) is 3.14. The first-order valence-electron chi connectivity index (χ1n) is 9.53. The second kappa shape index (κ2) is 8.21. The Labute approximate surface area is 173 Å². The quantitative estimate of drug-likeness (QED) is 0.549. The monoisotopic (exact) mass is 399 g/mol. The minimum atomic E-state index is -0.239. The molecule has 0 saturated carbocycles. The van der Waals surface area contributed by atoms with Gasteiger partial charge in [0, 0.05) is 29.2 Å². The summed E-state index contributed by atoms with van der Waals surface area (Å²) in [7, 11) is 1.59. The highest BCUT2D eigenvalue weighted by Crippen LogP contribution is 2.23. The van der Waals surface area contributed by atoms with E-state index in [-0.39, 0.29) is 18.0 Å². The van der Waals surface area contributed by atoms with Gasteiger partial charge in [0.05, 0.1) is 19.2 Å². The van der Waals surface area contributed by atoms with Crippen LogP contribution in [-0.4, -0.2) is 23.0 Å². The number of fused-ring (bicyclic) bond motifs is 1. The molecule has 0 atom stereocenters. The number of aryl methyl sites for hydroxylation is 1. The lowest BCUT2D eigenvalue weighted by molar-refractivity contribution is 0.0984. The van der Waals surface area contributed by atoms with Gasteiger partial charge in [-0.05, 0) is 66.4 Å². The van der Waals surface area contributed by atoms with E-state index in [0.717, 1.165) is 16.5 Å². The summed E-state index contributed by atoms with van der Waals surface area (Å²) in [5, 5.41) is 0.915. The standard InChI is InChI=1S/C24H21N3O3/c1-16-5-6-17-13-19(23(28)26-22(17)12-16)15-27(20-7-9-21(30-2)10-8-20)24(29)18-4-3-11-25-14-18/h3-14H,15H2,1-2H3,(H,26,28). The lowest BCUT2D eigenvalue weighted by Crippen LogP contribution is -2.33. The summed E-state index contributed by atoms with van der Waals surface area (Å²) in [6.45, 7) is 2.10. The molecule has 0 radical (unpaired) electrons. The number of nitrogens with one attached hydrogen (secondary N) is 1. The summed E-state index contributed by atoms with van der Waals surface area (Å²) < 4.78 is 5.22. The van der Waals surface area contributed by atoms with Gasteiger partial charge in [-0.1, -0.05) is 12.1 Å². The number of hydrogen-bond acceptors (Lipinski definition) is 4. The Morgan fingerprint density at radius 1 is 1.10 bits per heavy atom. The maximum atomic E-state index is 13.3. The molecular formula is C24H21N3O3. The second-order valence-electron chi connectivity index (χ2n) is 7.05. The van der Waals surface area contributed by atoms with Crippen LogP contribution in [0.25, 0.3) is 10.9 Å². The summed E-state index contributed by atoms with van der Waals surface area (Å²) in [5.41, 5.74) is 3.23. The van der Waals surface area contributed by atoms with Crippen LogP contribution in [0, 0.1) is 6.92 Å². The molecular weight excluding hydrogens is 378 g/mol. The van der Waals surface area contributed by atoms with Crippen molar-refractivity contribution in [2.45, 2.75) is 13.5 Å². The van der Waals surface area contributed by atoms with E-state index in [1.807, 2.05) is 31.2 Å². The van der Waals surface area contributed by atoms with E-state index >= 15 is 0 Å². The largest absolute Gasteiger partial charge is 0.497 e. The van der Waals surface area contributed by atoms with Gasteiger partial charge in [0.25, 0.3) is 11.5 Å². The number of methoxy groups -OCH3 is 1. The van der Waals surface area contributed by atoms with Crippen LogP contribution in [0.2, 0.25) is 0 Å². The van der Waals surface area contributed by atoms with Crippen LogP contribution < -0.4 is 15.2 Å². The molecule has 6 heteroatoms. The number of aromatic amines is 1. The van der Waals surface area contributed by atoms with E-state index in [1.165, 1.54) is 6.20 Å². The average Bonchev–Trinajstić information content (AvgIpc) is 2.78. The molecule has 0 saturated heterocycles. The zero-order valence-electron chi connectivity index (χ0n) is 16.8. The van der Waals surface area contributed by atoms with Crippen molar-refractivity contribution in [1.29, 1.82) is 0 Å². The number of ether oxygens (including phenoxy) is 1. The maximum Gasteiger partial charge on any atom is 0.260 e. The predicted octanol–water partition coefficient (Wildman–Crippen LogP) is 4.09. The highest BCUT2D eigenvalue weighted by molar-refractivity contribution is 6.05. The van der Waals surface area contributed by atoms with Gasteiger partial charge in [0.1, 0.15) is 5.75 Å². The van der Waals surface area contributed by atoms with E-state index in [4.69, 9.17) is 4.74 Å². The number of nitrogens with zero attached hydrogens (tertiary/aromatic N) is 2. The molecule has 0 unspecified atom stereocenters. The van der Waals surface area contributed by atoms with E-state index < -0.39 is 0 Å². The smallest absolute Gasteiger partial charge is 0.260 e. The van der Waals surface area contributed by atoms with E-state index in [9.17, 15) is 9.59 Å². The molecule has 0 aliphatic heterocycles. The first kappa shape index (κ1) is 19.4. The van der Waals surface area contributed by atoms with Gasteiger partial charge >= 0.3 is 0 Å². The van der Waals surface area contributed by atoms with Crippen molar-refractivity contribution in [3.8, 4) is 5.75 Å². The number of benzene rings is 2. The van der Waals surface area contributed by atoms with E-state index in [1.54, 1.807) is 54.6 Å². The highest BCUT2D eigenvalue weighted by Gasteiger charge is 2.20. The molecule has 0 aliphatic carbocycles. The first-order valence-corrected chi connectivity index (χ1v) is 9.53. The third-order valence-corrected chi connectivity index (χ3v) is 4.94. The van der Waals surface area contributed by atoms with Crippen molar-refractivity contribution in [3.05, 3.63) is 100 Å². The fraction of sp³-hybridized carbons (Fsp3) is 0.125. The topological polar surface area (TPSA) is 75.3 Å². The van der Waals surface area contributed by atoms with Crippen molar-refractivity contribution in [1.82, 2.24) is 9.97 Å². The van der Waals surface area contributed by atoms with Crippen molar-refractivity contribution >= 4 is 22.5 Å². The molecule has 0 fully saturated rings. The molecule has 4 aromatic rings. The Morgan fingerprint density at radius 3 is 2.60 bits per heavy atom. The summed E-state index contributed by atoms with van der Waals surface area (Å²) in [5.74, 6) is 0.447. The van der Waals surface area contributed by atoms with Crippen molar-refractivity contribution in [2.75, 3.05) is 12.0 Å². The number of carbonyl (C=O) groups is 1. The normalized spacial score (nSPS) is 10.7. The predicted molar refractivity (Wildman–Crippen MR) is 117 cm³/mol. The van der Waals surface area contributed by atoms with Crippen LogP contribution in [0.15, 0.2) is 77.9 Å². The first-order chi connectivity index (χ1) is 14.5. The summed E-state index contributed by atoms with van der Waals surface area (Å²) in [4.78, 5) is 34.6. The van der Waals surface area contributed by atoms with Crippen LogP contribution in [0.4, 0.5) is 5.69 Å². The van der Waals surface area contributed by atoms with Crippen molar-refractivity contribution in [2.24, 2.45) is 0 Å². The Bertz CT molecular complexity index is 1250. The number of rotatable bonds is 5. The Kier molecular flexibility index (Phi) is 5.30. The van der Waals surface area contributed by atoms with Gasteiger partial charge in [-0.2, -0.15) is 0 Å². The van der Waals surface area contributed by atoms with Crippen LogP contribution in [0.1, 0.15) is 21.5 Å². The summed E-state index contributed by atoms with van der Waals surface area (Å²) >= 11 is 0. The van der Waals surface area contributed by atoms with Gasteiger partial charge in [-0.15, -0.1) is 0 Å². The number of amides is 1. The second-order valence-corrected chi connectivity index (χ2v) is 7.05. The number of aromatic nitrogens is 2. The average molecular weight is 399 g/mol. The van der Waals surface area contributed by atoms with Gasteiger partial charge in [-0.3, -0.25) is 14.6 Å². The Hall–Kier alpha value is -3.93. The molecule has 0 aliphatic rings. The lowest BCUT2D eigenvalue weighted by atomic mass is 10.1. The van der Waals surface area contributed by atoms with Crippen LogP contribution in [-0.2, 0) is 6.54 Å². The number of carbonyl (C=O) groups excluding carboxylic acids is 1. The Balaban J connectivity index is 1.76.